The minimum atomic E-state index is -0.548. The van der Waals surface area contributed by atoms with Crippen LogP contribution >= 0.6 is 0 Å². The van der Waals surface area contributed by atoms with Crippen LogP contribution in [0.4, 0.5) is 0 Å². The molecule has 0 atom stereocenters. The highest BCUT2D eigenvalue weighted by Gasteiger charge is 2.48. The zero-order valence-electron chi connectivity index (χ0n) is 8.42. The van der Waals surface area contributed by atoms with Gasteiger partial charge in [0, 0.05) is 12.6 Å². The molecule has 1 fully saturated rings. The fourth-order valence-corrected chi connectivity index (χ4v) is 1.30. The number of nitrogens with zero attached hydrogens (tertiary/aromatic N) is 1. The van der Waals surface area contributed by atoms with Crippen LogP contribution in [0.1, 0.15) is 26.7 Å². The van der Waals surface area contributed by atoms with Crippen molar-refractivity contribution in [2.75, 3.05) is 6.54 Å². The molecule has 1 rings (SSSR count). The van der Waals surface area contributed by atoms with E-state index in [0.29, 0.717) is 6.54 Å². The first-order valence-corrected chi connectivity index (χ1v) is 4.72. The van der Waals surface area contributed by atoms with E-state index in [9.17, 15) is 4.79 Å². The quantitative estimate of drug-likeness (QED) is 0.657. The lowest BCUT2D eigenvalue weighted by molar-refractivity contribution is -0.134. The molecule has 0 unspecified atom stereocenters. The lowest BCUT2D eigenvalue weighted by Gasteiger charge is -2.28. The molecule has 0 bridgehead atoms. The van der Waals surface area contributed by atoms with Crippen molar-refractivity contribution in [3.8, 4) is 0 Å². The molecular weight excluding hydrogens is 164 g/mol. The van der Waals surface area contributed by atoms with Crippen molar-refractivity contribution < 1.29 is 4.79 Å². The van der Waals surface area contributed by atoms with E-state index >= 15 is 0 Å². The third kappa shape index (κ3) is 2.10. The van der Waals surface area contributed by atoms with Crippen LogP contribution in [-0.4, -0.2) is 28.9 Å². The van der Waals surface area contributed by atoms with Gasteiger partial charge in [0.1, 0.15) is 0 Å². The summed E-state index contributed by atoms with van der Waals surface area (Å²) >= 11 is 0. The van der Waals surface area contributed by atoms with Crippen molar-refractivity contribution in [1.82, 2.24) is 4.90 Å². The van der Waals surface area contributed by atoms with Gasteiger partial charge < -0.3 is 10.6 Å². The lowest BCUT2D eigenvalue weighted by atomic mass is 10.2. The Morgan fingerprint density at radius 3 is 2.54 bits per heavy atom. The third-order valence-corrected chi connectivity index (χ3v) is 2.42. The lowest BCUT2D eigenvalue weighted by Crippen LogP contribution is -2.48. The average molecular weight is 182 g/mol. The van der Waals surface area contributed by atoms with Crippen molar-refractivity contribution in [3.63, 3.8) is 0 Å². The van der Waals surface area contributed by atoms with Gasteiger partial charge in [-0.15, -0.1) is 6.58 Å². The predicted molar refractivity (Wildman–Crippen MR) is 53.2 cm³/mol. The van der Waals surface area contributed by atoms with E-state index in [4.69, 9.17) is 5.73 Å². The number of amides is 1. The zero-order valence-corrected chi connectivity index (χ0v) is 8.42. The zero-order chi connectivity index (χ0) is 10.1. The first-order chi connectivity index (χ1) is 6.01. The third-order valence-electron chi connectivity index (χ3n) is 2.42. The van der Waals surface area contributed by atoms with Crippen molar-refractivity contribution in [1.29, 1.82) is 0 Å². The molecular formula is C10H18N2O. The first-order valence-electron chi connectivity index (χ1n) is 4.72. The van der Waals surface area contributed by atoms with Gasteiger partial charge in [-0.1, -0.05) is 6.08 Å². The molecule has 0 aromatic rings. The summed E-state index contributed by atoms with van der Waals surface area (Å²) in [5.41, 5.74) is 5.29. The molecule has 0 aromatic carbocycles. The number of hydrogen-bond donors (Lipinski definition) is 1. The highest BCUT2D eigenvalue weighted by molar-refractivity contribution is 5.89. The summed E-state index contributed by atoms with van der Waals surface area (Å²) in [4.78, 5) is 13.6. The summed E-state index contributed by atoms with van der Waals surface area (Å²) in [7, 11) is 0. The number of hydrogen-bond acceptors (Lipinski definition) is 2. The van der Waals surface area contributed by atoms with Gasteiger partial charge in [-0.25, -0.2) is 0 Å². The van der Waals surface area contributed by atoms with Crippen LogP contribution in [0.2, 0.25) is 0 Å². The molecule has 3 nitrogen and oxygen atoms in total. The van der Waals surface area contributed by atoms with Gasteiger partial charge in [-0.05, 0) is 26.7 Å². The molecule has 2 N–H and O–H groups in total. The van der Waals surface area contributed by atoms with Crippen molar-refractivity contribution in [3.05, 3.63) is 12.7 Å². The minimum Gasteiger partial charge on any atom is -0.335 e. The summed E-state index contributed by atoms with van der Waals surface area (Å²) in [6.45, 7) is 8.21. The number of carbonyl (C=O) groups is 1. The molecule has 0 heterocycles. The van der Waals surface area contributed by atoms with Crippen LogP contribution < -0.4 is 5.73 Å². The Kier molecular flexibility index (Phi) is 2.76. The van der Waals surface area contributed by atoms with E-state index in [-0.39, 0.29) is 11.9 Å². The molecule has 1 saturated carbocycles. The van der Waals surface area contributed by atoms with E-state index in [1.807, 2.05) is 13.8 Å². The molecule has 1 amide bonds. The molecule has 3 heteroatoms. The van der Waals surface area contributed by atoms with Gasteiger partial charge >= 0.3 is 0 Å². The van der Waals surface area contributed by atoms with Crippen LogP contribution in [0, 0.1) is 0 Å². The van der Waals surface area contributed by atoms with Crippen LogP contribution in [0.5, 0.6) is 0 Å². The molecule has 0 spiro atoms. The number of nitrogens with two attached hydrogens (primary N) is 1. The predicted octanol–water partition coefficient (Wildman–Crippen LogP) is 0.901. The van der Waals surface area contributed by atoms with Gasteiger partial charge in [0.15, 0.2) is 0 Å². The molecule has 0 saturated heterocycles. The van der Waals surface area contributed by atoms with E-state index in [0.717, 1.165) is 12.8 Å². The number of carbonyl (C=O) groups excluding carboxylic acids is 1. The van der Waals surface area contributed by atoms with Gasteiger partial charge in [0.05, 0.1) is 5.54 Å². The largest absolute Gasteiger partial charge is 0.335 e. The second-order valence-electron chi connectivity index (χ2n) is 4.00. The van der Waals surface area contributed by atoms with E-state index in [1.54, 1.807) is 11.0 Å². The van der Waals surface area contributed by atoms with E-state index in [2.05, 4.69) is 6.58 Å². The topological polar surface area (TPSA) is 46.3 Å². The van der Waals surface area contributed by atoms with Gasteiger partial charge in [-0.2, -0.15) is 0 Å². The molecule has 13 heavy (non-hydrogen) atoms. The fraction of sp³-hybridized carbons (Fsp3) is 0.700. The highest BCUT2D eigenvalue weighted by Crippen LogP contribution is 2.34. The summed E-state index contributed by atoms with van der Waals surface area (Å²) in [5.74, 6) is 0.0717. The molecule has 0 aromatic heterocycles. The standard InChI is InChI=1S/C10H18N2O/c1-4-7-12(8(2)3)9(13)10(11)5-6-10/h4,8H,1,5-7,11H2,2-3H3. The van der Waals surface area contributed by atoms with Gasteiger partial charge in [-0.3, -0.25) is 4.79 Å². The maximum Gasteiger partial charge on any atom is 0.243 e. The summed E-state index contributed by atoms with van der Waals surface area (Å²) < 4.78 is 0. The minimum absolute atomic E-state index is 0.0717. The maximum atomic E-state index is 11.8. The Balaban J connectivity index is 2.64. The van der Waals surface area contributed by atoms with Crippen LogP contribution in [-0.2, 0) is 4.79 Å². The Morgan fingerprint density at radius 1 is 1.69 bits per heavy atom. The van der Waals surface area contributed by atoms with Crippen molar-refractivity contribution >= 4 is 5.91 Å². The fourth-order valence-electron chi connectivity index (χ4n) is 1.30. The molecule has 1 aliphatic rings. The Morgan fingerprint density at radius 2 is 2.23 bits per heavy atom. The van der Waals surface area contributed by atoms with Crippen molar-refractivity contribution in [2.24, 2.45) is 5.73 Å². The Labute approximate surface area is 79.6 Å². The van der Waals surface area contributed by atoms with Crippen LogP contribution in [0.3, 0.4) is 0 Å². The summed E-state index contributed by atoms with van der Waals surface area (Å²) in [6, 6.07) is 0.200. The number of rotatable bonds is 4. The maximum absolute atomic E-state index is 11.8. The summed E-state index contributed by atoms with van der Waals surface area (Å²) in [6.07, 6.45) is 3.39. The van der Waals surface area contributed by atoms with E-state index < -0.39 is 5.54 Å². The van der Waals surface area contributed by atoms with Crippen LogP contribution in [0.25, 0.3) is 0 Å². The summed E-state index contributed by atoms with van der Waals surface area (Å²) in [5, 5.41) is 0. The average Bonchev–Trinajstić information content (AvgIpc) is 2.79. The molecule has 0 radical (unpaired) electrons. The molecule has 1 aliphatic carbocycles. The monoisotopic (exact) mass is 182 g/mol. The Hall–Kier alpha value is -0.830. The first kappa shape index (κ1) is 10.3. The smallest absolute Gasteiger partial charge is 0.243 e. The van der Waals surface area contributed by atoms with Crippen molar-refractivity contribution in [2.45, 2.75) is 38.3 Å². The van der Waals surface area contributed by atoms with E-state index in [1.165, 1.54) is 0 Å². The second-order valence-corrected chi connectivity index (χ2v) is 4.00. The van der Waals surface area contributed by atoms with Gasteiger partial charge in [0.2, 0.25) is 5.91 Å². The highest BCUT2D eigenvalue weighted by atomic mass is 16.2. The molecule has 0 aliphatic heterocycles. The van der Waals surface area contributed by atoms with Gasteiger partial charge in [0.25, 0.3) is 0 Å². The molecule has 74 valence electrons. The second kappa shape index (κ2) is 3.50. The normalized spacial score (nSPS) is 18.5. The van der Waals surface area contributed by atoms with Crippen LogP contribution in [0.15, 0.2) is 12.7 Å². The Bertz CT molecular complexity index is 219. The SMILES string of the molecule is C=CCN(C(=O)C1(N)CC1)C(C)C.